The number of aryl methyl sites for hydroxylation is 1. The van der Waals surface area contributed by atoms with Crippen molar-refractivity contribution in [1.82, 2.24) is 14.5 Å². The Morgan fingerprint density at radius 1 is 1.20 bits per heavy atom. The second-order valence-corrected chi connectivity index (χ2v) is 9.20. The third-order valence-corrected chi connectivity index (χ3v) is 7.16. The largest absolute Gasteiger partial charge is 0.378 e. The van der Waals surface area contributed by atoms with Crippen molar-refractivity contribution in [2.24, 2.45) is 0 Å². The predicted octanol–water partition coefficient (Wildman–Crippen LogP) is 4.96. The first-order chi connectivity index (χ1) is 13.9. The van der Waals surface area contributed by atoms with Crippen LogP contribution in [0.2, 0.25) is 0 Å². The number of hydrogen-bond acceptors (Lipinski definition) is 3. The van der Waals surface area contributed by atoms with Gasteiger partial charge in [-0.3, -0.25) is 9.47 Å². The molecule has 0 radical (unpaired) electrons. The van der Waals surface area contributed by atoms with Crippen LogP contribution >= 0.6 is 12.4 Å². The lowest BCUT2D eigenvalue weighted by Gasteiger charge is -2.48. The van der Waals surface area contributed by atoms with Gasteiger partial charge in [0.15, 0.2) is 0 Å². The Labute approximate surface area is 184 Å². The molecule has 0 atom stereocenters. The second-order valence-electron chi connectivity index (χ2n) is 9.20. The highest BCUT2D eigenvalue weighted by Gasteiger charge is 2.38. The number of aromatic nitrogens is 2. The van der Waals surface area contributed by atoms with E-state index < -0.39 is 0 Å². The fourth-order valence-corrected chi connectivity index (χ4v) is 5.26. The van der Waals surface area contributed by atoms with Crippen LogP contribution in [0.1, 0.15) is 70.4 Å². The molecular weight excluding hydrogens is 405 g/mol. The van der Waals surface area contributed by atoms with Gasteiger partial charge in [0, 0.05) is 31.3 Å². The molecule has 1 aromatic heterocycles. The quantitative estimate of drug-likeness (QED) is 0.716. The normalized spacial score (nSPS) is 26.1. The Hall–Kier alpha value is -1.37. The van der Waals surface area contributed by atoms with Crippen molar-refractivity contribution < 1.29 is 9.13 Å². The van der Waals surface area contributed by atoms with E-state index in [9.17, 15) is 9.18 Å². The van der Waals surface area contributed by atoms with Crippen molar-refractivity contribution in [2.45, 2.75) is 83.4 Å². The van der Waals surface area contributed by atoms with Crippen molar-refractivity contribution in [3.8, 4) is 0 Å². The minimum absolute atomic E-state index is 0. The van der Waals surface area contributed by atoms with E-state index >= 15 is 0 Å². The number of hydrogen-bond donors (Lipinski definition) is 1. The monoisotopic (exact) mass is 439 g/mol. The molecule has 0 bridgehead atoms. The van der Waals surface area contributed by atoms with E-state index in [-0.39, 0.29) is 35.5 Å². The molecule has 1 saturated carbocycles. The highest BCUT2D eigenvalue weighted by atomic mass is 35.5. The number of fused-ring (bicyclic) bond motifs is 1. The average molecular weight is 440 g/mol. The summed E-state index contributed by atoms with van der Waals surface area (Å²) in [6.07, 6.45) is 8.06. The maximum Gasteiger partial charge on any atom is 0.326 e. The van der Waals surface area contributed by atoms with Crippen LogP contribution in [-0.4, -0.2) is 45.8 Å². The molecule has 30 heavy (non-hydrogen) atoms. The molecule has 2 aromatic rings. The number of likely N-dealkylation sites (tertiary alicyclic amines) is 1. The fraction of sp³-hybridized carbons (Fsp3) is 0.696. The molecule has 2 heterocycles. The number of ether oxygens (including phenoxy) is 1. The van der Waals surface area contributed by atoms with E-state index in [1.165, 1.54) is 18.9 Å². The second kappa shape index (κ2) is 9.41. The average Bonchev–Trinajstić information content (AvgIpc) is 3.02. The Morgan fingerprint density at radius 2 is 1.87 bits per heavy atom. The summed E-state index contributed by atoms with van der Waals surface area (Å²) < 4.78 is 21.7. The molecular formula is C23H35ClFN3O2. The lowest BCUT2D eigenvalue weighted by molar-refractivity contribution is -0.0305. The third-order valence-electron chi connectivity index (χ3n) is 7.16. The van der Waals surface area contributed by atoms with Crippen LogP contribution in [0.5, 0.6) is 0 Å². The summed E-state index contributed by atoms with van der Waals surface area (Å²) in [6, 6.07) is 3.41. The number of imidazole rings is 1. The number of piperidine rings is 1. The maximum absolute atomic E-state index is 13.9. The highest BCUT2D eigenvalue weighted by Crippen LogP contribution is 2.38. The minimum Gasteiger partial charge on any atom is -0.378 e. The van der Waals surface area contributed by atoms with Gasteiger partial charge < -0.3 is 9.72 Å². The molecule has 168 valence electrons. The Balaban J connectivity index is 0.00000256. The molecule has 2 aliphatic rings. The van der Waals surface area contributed by atoms with Crippen LogP contribution in [-0.2, 0) is 4.74 Å². The predicted molar refractivity (Wildman–Crippen MR) is 121 cm³/mol. The smallest absolute Gasteiger partial charge is 0.326 e. The zero-order valence-corrected chi connectivity index (χ0v) is 19.2. The topological polar surface area (TPSA) is 50.3 Å². The van der Waals surface area contributed by atoms with Gasteiger partial charge in [-0.05, 0) is 76.5 Å². The van der Waals surface area contributed by atoms with E-state index in [1.807, 2.05) is 4.57 Å². The van der Waals surface area contributed by atoms with Crippen molar-refractivity contribution in [3.05, 3.63) is 34.0 Å². The zero-order valence-electron chi connectivity index (χ0n) is 18.4. The first-order valence-corrected chi connectivity index (χ1v) is 11.2. The molecule has 0 unspecified atom stereocenters. The number of H-pyrrole nitrogens is 1. The van der Waals surface area contributed by atoms with Crippen LogP contribution < -0.4 is 5.69 Å². The molecule has 7 heteroatoms. The molecule has 2 fully saturated rings. The van der Waals surface area contributed by atoms with E-state index in [4.69, 9.17) is 4.74 Å². The Morgan fingerprint density at radius 3 is 2.50 bits per heavy atom. The third kappa shape index (κ3) is 4.46. The number of aromatic amines is 1. The summed E-state index contributed by atoms with van der Waals surface area (Å²) in [5, 5.41) is 0. The Kier molecular flexibility index (Phi) is 7.31. The van der Waals surface area contributed by atoms with Crippen molar-refractivity contribution in [3.63, 3.8) is 0 Å². The van der Waals surface area contributed by atoms with E-state index in [0.29, 0.717) is 17.2 Å². The lowest BCUT2D eigenvalue weighted by Crippen LogP contribution is -2.53. The van der Waals surface area contributed by atoms with Gasteiger partial charge in [-0.15, -0.1) is 12.4 Å². The van der Waals surface area contributed by atoms with Crippen LogP contribution in [0.3, 0.4) is 0 Å². The molecule has 1 aromatic carbocycles. The van der Waals surface area contributed by atoms with Gasteiger partial charge in [0.1, 0.15) is 5.82 Å². The van der Waals surface area contributed by atoms with Gasteiger partial charge in [-0.1, -0.05) is 6.92 Å². The minimum atomic E-state index is -0.271. The van der Waals surface area contributed by atoms with E-state index in [0.717, 1.165) is 57.3 Å². The summed E-state index contributed by atoms with van der Waals surface area (Å²) in [5.74, 6) is -0.271. The van der Waals surface area contributed by atoms with Crippen LogP contribution in [0.15, 0.2) is 16.9 Å². The number of halogens is 2. The first-order valence-electron chi connectivity index (χ1n) is 11.2. The number of nitrogens with zero attached hydrogens (tertiary/aromatic N) is 2. The van der Waals surface area contributed by atoms with Gasteiger partial charge in [0.2, 0.25) is 0 Å². The van der Waals surface area contributed by atoms with Crippen LogP contribution in [0, 0.1) is 12.7 Å². The highest BCUT2D eigenvalue weighted by molar-refractivity contribution is 5.85. The molecule has 1 aliphatic heterocycles. The molecule has 4 rings (SSSR count). The van der Waals surface area contributed by atoms with Crippen molar-refractivity contribution >= 4 is 23.4 Å². The summed E-state index contributed by atoms with van der Waals surface area (Å²) in [7, 11) is 0. The lowest BCUT2D eigenvalue weighted by atomic mass is 9.79. The van der Waals surface area contributed by atoms with Crippen LogP contribution in [0.4, 0.5) is 4.39 Å². The van der Waals surface area contributed by atoms with Gasteiger partial charge >= 0.3 is 5.69 Å². The molecule has 1 saturated heterocycles. The summed E-state index contributed by atoms with van der Waals surface area (Å²) in [4.78, 5) is 18.1. The zero-order chi connectivity index (χ0) is 20.6. The van der Waals surface area contributed by atoms with E-state index in [2.05, 4.69) is 23.7 Å². The summed E-state index contributed by atoms with van der Waals surface area (Å²) in [6.45, 7) is 9.18. The van der Waals surface area contributed by atoms with Crippen LogP contribution in [0.25, 0.3) is 11.0 Å². The molecule has 1 N–H and O–H groups in total. The van der Waals surface area contributed by atoms with Crippen molar-refractivity contribution in [2.75, 3.05) is 19.7 Å². The Bertz CT molecular complexity index is 909. The molecule has 5 nitrogen and oxygen atoms in total. The maximum atomic E-state index is 13.9. The molecule has 1 aliphatic carbocycles. The van der Waals surface area contributed by atoms with Gasteiger partial charge in [0.25, 0.3) is 0 Å². The van der Waals surface area contributed by atoms with E-state index in [1.54, 1.807) is 13.0 Å². The van der Waals surface area contributed by atoms with Gasteiger partial charge in [-0.25, -0.2) is 9.18 Å². The summed E-state index contributed by atoms with van der Waals surface area (Å²) >= 11 is 0. The fourth-order valence-electron chi connectivity index (χ4n) is 5.26. The van der Waals surface area contributed by atoms with Gasteiger partial charge in [0.05, 0.1) is 17.1 Å². The molecule has 0 spiro atoms. The molecule has 0 amide bonds. The number of rotatable bonds is 5. The number of benzene rings is 1. The number of nitrogens with one attached hydrogen (secondary N) is 1. The first kappa shape index (κ1) is 23.3. The summed E-state index contributed by atoms with van der Waals surface area (Å²) in [5.41, 5.74) is 2.12. The standard InChI is InChI=1S/C23H34FN3O2.ClH/c1-4-13-29-18-5-9-23(3,10-6-18)26-11-7-17(8-12-26)27-21-14-16(2)19(24)15-20(21)25-22(27)28;/h14-15,17-18H,4-13H2,1-3H3,(H,25,28);1H/t18-,23+;. The van der Waals surface area contributed by atoms with Crippen molar-refractivity contribution in [1.29, 1.82) is 0 Å². The SMILES string of the molecule is CCCO[C@H]1CC[C@@](C)(N2CCC(n3c(=O)[nH]c4cc(F)c(C)cc43)CC2)CC1.Cl. The van der Waals surface area contributed by atoms with Gasteiger partial charge in [-0.2, -0.15) is 0 Å².